The third-order valence-corrected chi connectivity index (χ3v) is 4.08. The van der Waals surface area contributed by atoms with Gasteiger partial charge < -0.3 is 18.8 Å². The van der Waals surface area contributed by atoms with E-state index in [0.29, 0.717) is 19.8 Å². The van der Waals surface area contributed by atoms with E-state index in [0.717, 1.165) is 11.2 Å². The van der Waals surface area contributed by atoms with Crippen LogP contribution in [0.4, 0.5) is 0 Å². The number of benzene rings is 1. The molecule has 1 heterocycles. The molecule has 0 amide bonds. The normalized spacial score (nSPS) is 19.8. The summed E-state index contributed by atoms with van der Waals surface area (Å²) in [7, 11) is -0.356. The van der Waals surface area contributed by atoms with E-state index in [-0.39, 0.29) is 18.3 Å². The van der Waals surface area contributed by atoms with Crippen molar-refractivity contribution in [3.63, 3.8) is 0 Å². The molecule has 1 aromatic carbocycles. The van der Waals surface area contributed by atoms with E-state index in [4.69, 9.17) is 18.8 Å². The molecule has 0 aliphatic carbocycles. The van der Waals surface area contributed by atoms with E-state index in [1.54, 1.807) is 0 Å². The highest BCUT2D eigenvalue weighted by Crippen LogP contribution is 2.36. The molecule has 0 spiro atoms. The van der Waals surface area contributed by atoms with E-state index in [1.165, 1.54) is 0 Å². The average Bonchev–Trinajstić information content (AvgIpc) is 2.64. The molecule has 4 nitrogen and oxygen atoms in total. The monoisotopic (exact) mass is 292 g/mol. The molecule has 1 aliphatic heterocycles. The minimum atomic E-state index is -0.356. The Balaban J connectivity index is 2.02. The summed E-state index contributed by atoms with van der Waals surface area (Å²) in [5, 5.41) is 0. The van der Waals surface area contributed by atoms with Crippen molar-refractivity contribution >= 4 is 12.6 Å². The van der Waals surface area contributed by atoms with Crippen LogP contribution in [0, 0.1) is 0 Å². The van der Waals surface area contributed by atoms with Crippen LogP contribution in [0.1, 0.15) is 34.6 Å². The highest BCUT2D eigenvalue weighted by atomic mass is 16.7. The number of ether oxygens (including phenoxy) is 2. The smallest absolute Gasteiger partial charge is 0.491 e. The Morgan fingerprint density at radius 3 is 2.33 bits per heavy atom. The maximum absolute atomic E-state index is 6.05. The SMILES string of the molecule is CCOCCOc1cccc(B2OC(C)(C)C(C)(C)O2)c1. The Hall–Kier alpha value is -1.04. The van der Waals surface area contributed by atoms with Crippen LogP contribution in [0.25, 0.3) is 0 Å². The summed E-state index contributed by atoms with van der Waals surface area (Å²) >= 11 is 0. The van der Waals surface area contributed by atoms with Crippen molar-refractivity contribution in [1.82, 2.24) is 0 Å². The van der Waals surface area contributed by atoms with E-state index in [2.05, 4.69) is 27.7 Å². The molecular formula is C16H25BO4. The molecule has 2 rings (SSSR count). The van der Waals surface area contributed by atoms with Gasteiger partial charge in [0.15, 0.2) is 0 Å². The molecule has 1 fully saturated rings. The van der Waals surface area contributed by atoms with Gasteiger partial charge in [0, 0.05) is 6.61 Å². The van der Waals surface area contributed by atoms with Crippen LogP contribution in [0.5, 0.6) is 5.75 Å². The summed E-state index contributed by atoms with van der Waals surface area (Å²) in [5.74, 6) is 0.807. The molecule has 116 valence electrons. The summed E-state index contributed by atoms with van der Waals surface area (Å²) in [4.78, 5) is 0. The van der Waals surface area contributed by atoms with Crippen molar-refractivity contribution in [2.45, 2.75) is 45.8 Å². The third-order valence-electron chi connectivity index (χ3n) is 4.08. The molecule has 0 atom stereocenters. The minimum Gasteiger partial charge on any atom is -0.491 e. The lowest BCUT2D eigenvalue weighted by molar-refractivity contribution is 0.00578. The van der Waals surface area contributed by atoms with E-state index >= 15 is 0 Å². The van der Waals surface area contributed by atoms with Gasteiger partial charge in [-0.25, -0.2) is 0 Å². The zero-order chi connectivity index (χ0) is 15.5. The summed E-state index contributed by atoms with van der Waals surface area (Å²) in [6.07, 6.45) is 0. The second-order valence-electron chi connectivity index (χ2n) is 6.21. The first kappa shape index (κ1) is 16.3. The number of hydrogen-bond donors (Lipinski definition) is 0. The maximum Gasteiger partial charge on any atom is 0.494 e. The molecule has 0 saturated carbocycles. The Kier molecular flexibility index (Phi) is 4.97. The molecular weight excluding hydrogens is 267 g/mol. The van der Waals surface area contributed by atoms with Crippen LogP contribution in [-0.2, 0) is 14.0 Å². The Bertz CT molecular complexity index is 457. The van der Waals surface area contributed by atoms with E-state index < -0.39 is 0 Å². The molecule has 0 bridgehead atoms. The molecule has 1 aromatic rings. The zero-order valence-electron chi connectivity index (χ0n) is 13.6. The van der Waals surface area contributed by atoms with Gasteiger partial charge in [-0.2, -0.15) is 0 Å². The highest BCUT2D eigenvalue weighted by molar-refractivity contribution is 6.62. The first-order valence-electron chi connectivity index (χ1n) is 7.52. The van der Waals surface area contributed by atoms with Gasteiger partial charge in [-0.3, -0.25) is 0 Å². The van der Waals surface area contributed by atoms with Crippen molar-refractivity contribution in [2.24, 2.45) is 0 Å². The van der Waals surface area contributed by atoms with Crippen molar-refractivity contribution in [3.05, 3.63) is 24.3 Å². The quantitative estimate of drug-likeness (QED) is 0.596. The molecule has 0 N–H and O–H groups in total. The van der Waals surface area contributed by atoms with Crippen LogP contribution in [0.15, 0.2) is 24.3 Å². The third kappa shape index (κ3) is 3.79. The molecule has 0 aromatic heterocycles. The Morgan fingerprint density at radius 1 is 1.05 bits per heavy atom. The molecule has 1 aliphatic rings. The summed E-state index contributed by atoms with van der Waals surface area (Å²) in [6, 6.07) is 7.85. The fourth-order valence-corrected chi connectivity index (χ4v) is 2.09. The van der Waals surface area contributed by atoms with Crippen LogP contribution in [0.3, 0.4) is 0 Å². The predicted octanol–water partition coefficient (Wildman–Crippen LogP) is 2.40. The minimum absolute atomic E-state index is 0.330. The van der Waals surface area contributed by atoms with Crippen molar-refractivity contribution in [1.29, 1.82) is 0 Å². The van der Waals surface area contributed by atoms with Crippen molar-refractivity contribution in [3.8, 4) is 5.75 Å². The lowest BCUT2D eigenvalue weighted by Crippen LogP contribution is -2.41. The van der Waals surface area contributed by atoms with Crippen LogP contribution >= 0.6 is 0 Å². The first-order valence-corrected chi connectivity index (χ1v) is 7.52. The predicted molar refractivity (Wildman–Crippen MR) is 84.1 cm³/mol. The number of hydrogen-bond acceptors (Lipinski definition) is 4. The van der Waals surface area contributed by atoms with Crippen LogP contribution in [-0.4, -0.2) is 38.1 Å². The van der Waals surface area contributed by atoms with Crippen LogP contribution in [0.2, 0.25) is 0 Å². The van der Waals surface area contributed by atoms with Gasteiger partial charge in [0.1, 0.15) is 12.4 Å². The fraction of sp³-hybridized carbons (Fsp3) is 0.625. The van der Waals surface area contributed by atoms with Gasteiger partial charge in [-0.05, 0) is 52.2 Å². The van der Waals surface area contributed by atoms with Crippen molar-refractivity contribution in [2.75, 3.05) is 19.8 Å². The van der Waals surface area contributed by atoms with Gasteiger partial charge in [-0.1, -0.05) is 12.1 Å². The van der Waals surface area contributed by atoms with Gasteiger partial charge >= 0.3 is 7.12 Å². The Morgan fingerprint density at radius 2 is 1.71 bits per heavy atom. The molecule has 0 unspecified atom stereocenters. The van der Waals surface area contributed by atoms with Crippen molar-refractivity contribution < 1.29 is 18.8 Å². The topological polar surface area (TPSA) is 36.9 Å². The molecule has 21 heavy (non-hydrogen) atoms. The number of rotatable bonds is 6. The molecule has 5 heteroatoms. The average molecular weight is 292 g/mol. The van der Waals surface area contributed by atoms with Gasteiger partial charge in [0.2, 0.25) is 0 Å². The van der Waals surface area contributed by atoms with Gasteiger partial charge in [0.25, 0.3) is 0 Å². The summed E-state index contributed by atoms with van der Waals surface area (Å²) in [6.45, 7) is 12.0. The van der Waals surface area contributed by atoms with Gasteiger partial charge in [-0.15, -0.1) is 0 Å². The standard InChI is InChI=1S/C16H25BO4/c1-6-18-10-11-19-14-9-7-8-13(12-14)17-20-15(2,3)16(4,5)21-17/h7-9,12H,6,10-11H2,1-5H3. The fourth-order valence-electron chi connectivity index (χ4n) is 2.09. The molecule has 1 saturated heterocycles. The van der Waals surface area contributed by atoms with Crippen LogP contribution < -0.4 is 10.2 Å². The maximum atomic E-state index is 6.05. The first-order chi connectivity index (χ1) is 9.86. The van der Waals surface area contributed by atoms with E-state index in [9.17, 15) is 0 Å². The lowest BCUT2D eigenvalue weighted by atomic mass is 9.79. The molecule has 0 radical (unpaired) electrons. The second-order valence-corrected chi connectivity index (χ2v) is 6.21. The largest absolute Gasteiger partial charge is 0.494 e. The second kappa shape index (κ2) is 6.38. The van der Waals surface area contributed by atoms with E-state index in [1.807, 2.05) is 31.2 Å². The van der Waals surface area contributed by atoms with Gasteiger partial charge in [0.05, 0.1) is 17.8 Å². The lowest BCUT2D eigenvalue weighted by Gasteiger charge is -2.32. The highest BCUT2D eigenvalue weighted by Gasteiger charge is 2.51. The Labute approximate surface area is 127 Å². The summed E-state index contributed by atoms with van der Waals surface area (Å²) < 4.78 is 23.0. The zero-order valence-corrected chi connectivity index (χ0v) is 13.6. The summed E-state index contributed by atoms with van der Waals surface area (Å²) in [5.41, 5.74) is 0.315.